The van der Waals surface area contributed by atoms with Gasteiger partial charge in [-0.05, 0) is 49.5 Å². The number of aromatic nitrogens is 4. The second-order valence-corrected chi connectivity index (χ2v) is 6.56. The van der Waals surface area contributed by atoms with Gasteiger partial charge in [0.2, 0.25) is 17.7 Å². The summed E-state index contributed by atoms with van der Waals surface area (Å²) in [6.07, 6.45) is 5.17. The number of guanidine groups is 2. The molecule has 1 spiro atoms. The third-order valence-electron chi connectivity index (χ3n) is 4.90. The number of aliphatic imine (C=N–C) groups is 2. The van der Waals surface area contributed by atoms with Crippen LogP contribution in [0, 0.1) is 6.92 Å². The number of nitrogens with zero attached hydrogens (tertiary/aromatic N) is 6. The molecule has 0 saturated heterocycles. The second kappa shape index (κ2) is 5.83. The van der Waals surface area contributed by atoms with Gasteiger partial charge >= 0.3 is 0 Å². The van der Waals surface area contributed by atoms with Crippen LogP contribution in [0.15, 0.2) is 28.2 Å². The Morgan fingerprint density at radius 2 is 1.96 bits per heavy atom. The quantitative estimate of drug-likeness (QED) is 0.754. The fourth-order valence-corrected chi connectivity index (χ4v) is 3.74. The van der Waals surface area contributed by atoms with E-state index in [0.717, 1.165) is 42.5 Å². The van der Waals surface area contributed by atoms with E-state index in [9.17, 15) is 0 Å². The van der Waals surface area contributed by atoms with Crippen molar-refractivity contribution in [3.63, 3.8) is 0 Å². The molecular weight excluding hydrogens is 318 g/mol. The van der Waals surface area contributed by atoms with Crippen molar-refractivity contribution in [2.75, 3.05) is 4.90 Å². The smallest absolute Gasteiger partial charge is 0.220 e. The van der Waals surface area contributed by atoms with Crippen molar-refractivity contribution >= 4 is 17.6 Å². The van der Waals surface area contributed by atoms with Crippen molar-refractivity contribution in [1.82, 2.24) is 20.6 Å². The zero-order valence-corrected chi connectivity index (χ0v) is 14.1. The average molecular weight is 339 g/mol. The molecule has 0 amide bonds. The number of nitrogens with two attached hydrogens (primary N) is 2. The van der Waals surface area contributed by atoms with Crippen LogP contribution in [0.5, 0.6) is 0 Å². The van der Waals surface area contributed by atoms with Crippen molar-refractivity contribution in [3.05, 3.63) is 23.8 Å². The fraction of sp³-hybridized carbons (Fsp3) is 0.438. The minimum Gasteiger partial charge on any atom is -0.369 e. The number of hydrogen-bond acceptors (Lipinski definition) is 8. The Morgan fingerprint density at radius 1 is 1.16 bits per heavy atom. The van der Waals surface area contributed by atoms with E-state index in [-0.39, 0.29) is 5.96 Å². The van der Waals surface area contributed by atoms with Crippen LogP contribution in [0.3, 0.4) is 0 Å². The summed E-state index contributed by atoms with van der Waals surface area (Å²) < 4.78 is 0. The molecule has 5 N–H and O–H groups in total. The van der Waals surface area contributed by atoms with E-state index in [2.05, 4.69) is 25.6 Å². The number of benzene rings is 1. The largest absolute Gasteiger partial charge is 0.369 e. The highest BCUT2D eigenvalue weighted by Gasteiger charge is 2.43. The number of rotatable bonds is 2. The normalized spacial score (nSPS) is 19.6. The summed E-state index contributed by atoms with van der Waals surface area (Å²) in [5.41, 5.74) is 14.7. The van der Waals surface area contributed by atoms with E-state index in [1.807, 2.05) is 30.0 Å². The molecule has 1 fully saturated rings. The number of hydrogen-bond donors (Lipinski definition) is 3. The summed E-state index contributed by atoms with van der Waals surface area (Å²) in [5.74, 6) is 1.17. The highest BCUT2D eigenvalue weighted by atomic mass is 15.5. The van der Waals surface area contributed by atoms with E-state index in [4.69, 9.17) is 16.5 Å². The predicted octanol–water partition coefficient (Wildman–Crippen LogP) is 1.28. The number of anilines is 1. The monoisotopic (exact) mass is 339 g/mol. The summed E-state index contributed by atoms with van der Waals surface area (Å²) in [5, 5.41) is 14.2. The van der Waals surface area contributed by atoms with Gasteiger partial charge in [0.15, 0.2) is 0 Å². The van der Waals surface area contributed by atoms with Gasteiger partial charge < -0.3 is 11.5 Å². The molecule has 1 aromatic carbocycles. The highest BCUT2D eigenvalue weighted by molar-refractivity contribution is 6.06. The molecule has 9 heteroatoms. The maximum Gasteiger partial charge on any atom is 0.220 e. The van der Waals surface area contributed by atoms with Crippen LogP contribution in [-0.4, -0.2) is 38.2 Å². The first-order chi connectivity index (χ1) is 12.1. The second-order valence-electron chi connectivity index (χ2n) is 6.56. The molecule has 1 aromatic heterocycles. The maximum absolute atomic E-state index is 6.31. The SMILES string of the molecule is Cc1ccc(-c2nn[nH]n2)cc1N1C(N)=NC(N)=NC12CCCCC2. The van der Waals surface area contributed by atoms with Gasteiger partial charge in [0.25, 0.3) is 0 Å². The molecule has 2 heterocycles. The van der Waals surface area contributed by atoms with E-state index < -0.39 is 5.66 Å². The Hall–Kier alpha value is -2.97. The van der Waals surface area contributed by atoms with Crippen molar-refractivity contribution in [1.29, 1.82) is 0 Å². The van der Waals surface area contributed by atoms with Crippen molar-refractivity contribution in [2.24, 2.45) is 21.5 Å². The summed E-state index contributed by atoms with van der Waals surface area (Å²) in [6.45, 7) is 2.04. The molecule has 4 rings (SSSR count). The minimum atomic E-state index is -0.463. The van der Waals surface area contributed by atoms with E-state index in [1.54, 1.807) is 0 Å². The number of aromatic amines is 1. The Labute approximate surface area is 145 Å². The molecule has 25 heavy (non-hydrogen) atoms. The first-order valence-corrected chi connectivity index (χ1v) is 8.43. The lowest BCUT2D eigenvalue weighted by Crippen LogP contribution is -2.58. The molecule has 130 valence electrons. The Bertz CT molecular complexity index is 831. The van der Waals surface area contributed by atoms with Crippen LogP contribution in [0.4, 0.5) is 5.69 Å². The van der Waals surface area contributed by atoms with Gasteiger partial charge in [0.1, 0.15) is 5.66 Å². The van der Waals surface area contributed by atoms with E-state index in [1.165, 1.54) is 6.42 Å². The van der Waals surface area contributed by atoms with Gasteiger partial charge in [-0.25, -0.2) is 4.99 Å². The van der Waals surface area contributed by atoms with Gasteiger partial charge in [-0.1, -0.05) is 18.6 Å². The summed E-state index contributed by atoms with van der Waals surface area (Å²) in [4.78, 5) is 11.0. The van der Waals surface area contributed by atoms with Gasteiger partial charge in [-0.2, -0.15) is 10.2 Å². The molecular formula is C16H21N9. The molecule has 1 aliphatic carbocycles. The molecule has 0 bridgehead atoms. The number of nitrogens with one attached hydrogen (secondary N) is 1. The summed E-state index contributed by atoms with van der Waals surface area (Å²) in [6, 6.07) is 5.99. The minimum absolute atomic E-state index is 0.252. The zero-order valence-electron chi connectivity index (χ0n) is 14.1. The van der Waals surface area contributed by atoms with E-state index in [0.29, 0.717) is 11.8 Å². The Morgan fingerprint density at radius 3 is 2.68 bits per heavy atom. The molecule has 2 aromatic rings. The van der Waals surface area contributed by atoms with Crippen molar-refractivity contribution < 1.29 is 0 Å². The average Bonchev–Trinajstić information content (AvgIpc) is 3.11. The molecule has 0 radical (unpaired) electrons. The first kappa shape index (κ1) is 15.6. The third kappa shape index (κ3) is 2.61. The first-order valence-electron chi connectivity index (χ1n) is 8.43. The maximum atomic E-state index is 6.31. The van der Waals surface area contributed by atoms with Crippen LogP contribution < -0.4 is 16.4 Å². The molecule has 9 nitrogen and oxygen atoms in total. The standard InChI is InChI=1S/C16H21N9/c1-10-5-6-11(13-21-23-24-22-13)9-12(10)25-15(18)19-14(17)20-16(25)7-3-2-4-8-16/h5-6,9H,2-4,7-8H2,1H3,(H4,17,18,19,20)(H,21,22,23,24). The van der Waals surface area contributed by atoms with Crippen LogP contribution in [0.25, 0.3) is 11.4 Å². The number of H-pyrrole nitrogens is 1. The van der Waals surface area contributed by atoms with Crippen LogP contribution >= 0.6 is 0 Å². The predicted molar refractivity (Wildman–Crippen MR) is 95.9 cm³/mol. The van der Waals surface area contributed by atoms with Gasteiger partial charge in [0.05, 0.1) is 0 Å². The van der Waals surface area contributed by atoms with E-state index >= 15 is 0 Å². The molecule has 0 atom stereocenters. The third-order valence-corrected chi connectivity index (χ3v) is 4.90. The van der Waals surface area contributed by atoms with Gasteiger partial charge in [-0.3, -0.25) is 4.90 Å². The fourth-order valence-electron chi connectivity index (χ4n) is 3.74. The number of tetrazole rings is 1. The lowest BCUT2D eigenvalue weighted by Gasteiger charge is -2.46. The Balaban J connectivity index is 1.84. The molecule has 0 unspecified atom stereocenters. The van der Waals surface area contributed by atoms with Gasteiger partial charge in [-0.15, -0.1) is 10.2 Å². The topological polar surface area (TPSA) is 134 Å². The Kier molecular flexibility index (Phi) is 3.63. The van der Waals surface area contributed by atoms with Crippen molar-refractivity contribution in [2.45, 2.75) is 44.7 Å². The van der Waals surface area contributed by atoms with Crippen LogP contribution in [0.2, 0.25) is 0 Å². The summed E-state index contributed by atoms with van der Waals surface area (Å²) >= 11 is 0. The lowest BCUT2D eigenvalue weighted by molar-refractivity contribution is 0.305. The van der Waals surface area contributed by atoms with Crippen molar-refractivity contribution in [3.8, 4) is 11.4 Å². The molecule has 1 aliphatic heterocycles. The summed E-state index contributed by atoms with van der Waals surface area (Å²) in [7, 11) is 0. The number of aryl methyl sites for hydroxylation is 1. The molecule has 1 saturated carbocycles. The zero-order chi connectivity index (χ0) is 17.4. The van der Waals surface area contributed by atoms with Crippen LogP contribution in [0.1, 0.15) is 37.7 Å². The lowest BCUT2D eigenvalue weighted by atomic mass is 9.87. The highest BCUT2D eigenvalue weighted by Crippen LogP contribution is 2.41. The van der Waals surface area contributed by atoms with Crippen LogP contribution in [-0.2, 0) is 0 Å². The molecule has 2 aliphatic rings. The van der Waals surface area contributed by atoms with Gasteiger partial charge in [0, 0.05) is 11.3 Å².